The Labute approximate surface area is 123 Å². The average molecular weight is 276 g/mol. The molecule has 2 heterocycles. The summed E-state index contributed by atoms with van der Waals surface area (Å²) in [6.45, 7) is 10.2. The third kappa shape index (κ3) is 3.03. The maximum atomic E-state index is 6.16. The van der Waals surface area contributed by atoms with Crippen LogP contribution in [0.1, 0.15) is 31.7 Å². The zero-order valence-corrected chi connectivity index (χ0v) is 13.3. The number of likely N-dealkylation sites (N-methyl/N-ethyl adjacent to an activating group) is 2. The summed E-state index contributed by atoms with van der Waals surface area (Å²) in [6.07, 6.45) is 1.14. The largest absolute Gasteiger partial charge is 0.329 e. The molecule has 1 fully saturated rings. The molecule has 0 radical (unpaired) electrons. The predicted molar refractivity (Wildman–Crippen MR) is 83.6 cm³/mol. The van der Waals surface area contributed by atoms with Crippen molar-refractivity contribution in [2.24, 2.45) is 5.73 Å². The van der Waals surface area contributed by atoms with Gasteiger partial charge in [0, 0.05) is 36.9 Å². The van der Waals surface area contributed by atoms with Crippen molar-refractivity contribution in [2.45, 2.75) is 45.3 Å². The number of hydrogen-bond donors (Lipinski definition) is 1. The van der Waals surface area contributed by atoms with Gasteiger partial charge in [-0.2, -0.15) is 0 Å². The summed E-state index contributed by atoms with van der Waals surface area (Å²) in [5.74, 6) is 0. The van der Waals surface area contributed by atoms with Crippen molar-refractivity contribution < 1.29 is 0 Å². The quantitative estimate of drug-likeness (QED) is 0.888. The van der Waals surface area contributed by atoms with Gasteiger partial charge in [-0.1, -0.05) is 13.0 Å². The lowest BCUT2D eigenvalue weighted by atomic mass is 9.93. The van der Waals surface area contributed by atoms with Crippen LogP contribution in [0.4, 0.5) is 0 Å². The van der Waals surface area contributed by atoms with Crippen molar-refractivity contribution in [1.82, 2.24) is 14.8 Å². The molecule has 0 saturated carbocycles. The van der Waals surface area contributed by atoms with Crippen molar-refractivity contribution in [3.8, 4) is 0 Å². The lowest BCUT2D eigenvalue weighted by Crippen LogP contribution is -2.55. The van der Waals surface area contributed by atoms with E-state index in [0.29, 0.717) is 12.6 Å². The van der Waals surface area contributed by atoms with E-state index in [1.54, 1.807) is 0 Å². The van der Waals surface area contributed by atoms with Crippen LogP contribution in [0.5, 0.6) is 0 Å². The van der Waals surface area contributed by atoms with Crippen molar-refractivity contribution in [3.63, 3.8) is 0 Å². The van der Waals surface area contributed by atoms with Gasteiger partial charge in [-0.3, -0.25) is 9.88 Å². The lowest BCUT2D eigenvalue weighted by Gasteiger charge is -2.40. The Morgan fingerprint density at radius 2 is 2.25 bits per heavy atom. The van der Waals surface area contributed by atoms with E-state index in [1.165, 1.54) is 0 Å². The topological polar surface area (TPSA) is 45.4 Å². The summed E-state index contributed by atoms with van der Waals surface area (Å²) in [5, 5.41) is 0. The molecule has 0 aromatic carbocycles. The second kappa shape index (κ2) is 6.20. The van der Waals surface area contributed by atoms with E-state index in [1.807, 2.05) is 13.0 Å². The highest BCUT2D eigenvalue weighted by Crippen LogP contribution is 2.31. The van der Waals surface area contributed by atoms with Crippen LogP contribution >= 0.6 is 0 Å². The normalized spacial score (nSPS) is 27.4. The number of rotatable bonds is 5. The van der Waals surface area contributed by atoms with Crippen LogP contribution in [0, 0.1) is 6.92 Å². The molecule has 4 nitrogen and oxygen atoms in total. The highest BCUT2D eigenvalue weighted by atomic mass is 15.3. The molecule has 1 aliphatic heterocycles. The Hall–Kier alpha value is -0.970. The molecule has 1 aromatic heterocycles. The lowest BCUT2D eigenvalue weighted by molar-refractivity contribution is 0.0980. The minimum absolute atomic E-state index is 0.0916. The number of aromatic nitrogens is 1. The third-order valence-corrected chi connectivity index (χ3v) is 4.70. The van der Waals surface area contributed by atoms with Crippen molar-refractivity contribution >= 4 is 0 Å². The van der Waals surface area contributed by atoms with Gasteiger partial charge in [0.05, 0.1) is 5.69 Å². The molecule has 4 heteroatoms. The van der Waals surface area contributed by atoms with Gasteiger partial charge >= 0.3 is 0 Å². The summed E-state index contributed by atoms with van der Waals surface area (Å²) in [4.78, 5) is 9.56. The monoisotopic (exact) mass is 276 g/mol. The van der Waals surface area contributed by atoms with Gasteiger partial charge in [0.25, 0.3) is 0 Å². The van der Waals surface area contributed by atoms with Crippen LogP contribution in [0.2, 0.25) is 0 Å². The van der Waals surface area contributed by atoms with E-state index >= 15 is 0 Å². The second-order valence-electron chi connectivity index (χ2n) is 6.18. The van der Waals surface area contributed by atoms with Crippen molar-refractivity contribution in [1.29, 1.82) is 0 Å². The van der Waals surface area contributed by atoms with E-state index in [2.05, 4.69) is 47.8 Å². The molecule has 2 unspecified atom stereocenters. The van der Waals surface area contributed by atoms with Crippen LogP contribution in [-0.4, -0.2) is 53.0 Å². The van der Waals surface area contributed by atoms with Gasteiger partial charge in [0.2, 0.25) is 0 Å². The Morgan fingerprint density at radius 3 is 2.75 bits per heavy atom. The van der Waals surface area contributed by atoms with E-state index in [-0.39, 0.29) is 5.54 Å². The summed E-state index contributed by atoms with van der Waals surface area (Å²) in [5.41, 5.74) is 8.48. The SMILES string of the molecule is CCN(Cc1cccc(C)n1)C1(CN)CC(C)N(C)C1. The van der Waals surface area contributed by atoms with Gasteiger partial charge in [0.1, 0.15) is 0 Å². The van der Waals surface area contributed by atoms with Gasteiger partial charge in [-0.25, -0.2) is 0 Å². The number of nitrogens with zero attached hydrogens (tertiary/aromatic N) is 3. The van der Waals surface area contributed by atoms with Gasteiger partial charge < -0.3 is 10.6 Å². The summed E-state index contributed by atoms with van der Waals surface area (Å²) >= 11 is 0. The standard InChI is InChI=1S/C16H28N4/c1-5-20(10-15-8-6-7-13(2)18-15)16(11-17)9-14(3)19(4)12-16/h6-8,14H,5,9-12,17H2,1-4H3. The second-order valence-corrected chi connectivity index (χ2v) is 6.18. The number of likely N-dealkylation sites (tertiary alicyclic amines) is 1. The third-order valence-electron chi connectivity index (χ3n) is 4.70. The number of nitrogens with two attached hydrogens (primary N) is 1. The van der Waals surface area contributed by atoms with Crippen molar-refractivity contribution in [2.75, 3.05) is 26.7 Å². The molecule has 0 aliphatic carbocycles. The predicted octanol–water partition coefficient (Wildman–Crippen LogP) is 1.63. The number of pyridine rings is 1. The maximum Gasteiger partial charge on any atom is 0.0547 e. The molecular weight excluding hydrogens is 248 g/mol. The van der Waals surface area contributed by atoms with Crippen LogP contribution in [0.25, 0.3) is 0 Å². The molecule has 1 aromatic rings. The molecular formula is C16H28N4. The Kier molecular flexibility index (Phi) is 4.78. The van der Waals surface area contributed by atoms with Crippen LogP contribution in [-0.2, 0) is 6.54 Å². The Balaban J connectivity index is 2.18. The molecule has 2 rings (SSSR count). The van der Waals surface area contributed by atoms with E-state index in [9.17, 15) is 0 Å². The van der Waals surface area contributed by atoms with Crippen LogP contribution in [0.15, 0.2) is 18.2 Å². The summed E-state index contributed by atoms with van der Waals surface area (Å²) in [7, 11) is 2.20. The van der Waals surface area contributed by atoms with Gasteiger partial charge in [0.15, 0.2) is 0 Å². The Bertz CT molecular complexity index is 436. The van der Waals surface area contributed by atoms with Gasteiger partial charge in [-0.15, -0.1) is 0 Å². The number of aryl methyl sites for hydroxylation is 1. The van der Waals surface area contributed by atoms with Crippen LogP contribution in [0.3, 0.4) is 0 Å². The van der Waals surface area contributed by atoms with Gasteiger partial charge in [-0.05, 0) is 46.0 Å². The minimum Gasteiger partial charge on any atom is -0.329 e. The first-order valence-corrected chi connectivity index (χ1v) is 7.58. The molecule has 2 atom stereocenters. The average Bonchev–Trinajstić information content (AvgIpc) is 2.72. The first-order valence-electron chi connectivity index (χ1n) is 7.58. The first kappa shape index (κ1) is 15.4. The molecule has 1 saturated heterocycles. The molecule has 0 spiro atoms. The fourth-order valence-electron chi connectivity index (χ4n) is 3.39. The zero-order chi connectivity index (χ0) is 14.8. The fourth-order valence-corrected chi connectivity index (χ4v) is 3.39. The molecule has 20 heavy (non-hydrogen) atoms. The molecule has 0 bridgehead atoms. The molecule has 112 valence electrons. The highest BCUT2D eigenvalue weighted by Gasteiger charge is 2.43. The van der Waals surface area contributed by atoms with Crippen LogP contribution < -0.4 is 5.73 Å². The molecule has 2 N–H and O–H groups in total. The van der Waals surface area contributed by atoms with E-state index < -0.39 is 0 Å². The highest BCUT2D eigenvalue weighted by molar-refractivity contribution is 5.11. The van der Waals surface area contributed by atoms with E-state index in [4.69, 9.17) is 5.73 Å². The summed E-state index contributed by atoms with van der Waals surface area (Å²) in [6, 6.07) is 6.84. The Morgan fingerprint density at radius 1 is 1.50 bits per heavy atom. The zero-order valence-electron chi connectivity index (χ0n) is 13.3. The number of hydrogen-bond acceptors (Lipinski definition) is 4. The first-order chi connectivity index (χ1) is 9.50. The molecule has 0 amide bonds. The minimum atomic E-state index is 0.0916. The smallest absolute Gasteiger partial charge is 0.0547 e. The van der Waals surface area contributed by atoms with E-state index in [0.717, 1.165) is 37.4 Å². The summed E-state index contributed by atoms with van der Waals surface area (Å²) < 4.78 is 0. The maximum absolute atomic E-state index is 6.16. The van der Waals surface area contributed by atoms with Crippen molar-refractivity contribution in [3.05, 3.63) is 29.6 Å². The fraction of sp³-hybridized carbons (Fsp3) is 0.688. The molecule has 1 aliphatic rings.